The van der Waals surface area contributed by atoms with E-state index in [0.29, 0.717) is 17.1 Å². The standard InChI is InChI=1S/C23H18ClFN4/c1-15-11-18(9-10-26-15)17-7-5-16(6-8-17)13-27-23-21(25)22(28-14-29-23)19-3-2-4-20(24)12-19/h2-12,14H,13H2,1H3,(H,27,28,29). The molecule has 0 unspecified atom stereocenters. The van der Waals surface area contributed by atoms with Crippen LogP contribution in [-0.4, -0.2) is 15.0 Å². The zero-order valence-corrected chi connectivity index (χ0v) is 16.5. The fourth-order valence-electron chi connectivity index (χ4n) is 3.06. The van der Waals surface area contributed by atoms with E-state index < -0.39 is 5.82 Å². The lowest BCUT2D eigenvalue weighted by Crippen LogP contribution is -2.05. The minimum Gasteiger partial charge on any atom is -0.363 e. The highest BCUT2D eigenvalue weighted by atomic mass is 35.5. The topological polar surface area (TPSA) is 50.7 Å². The summed E-state index contributed by atoms with van der Waals surface area (Å²) in [5.41, 5.74) is 5.04. The summed E-state index contributed by atoms with van der Waals surface area (Å²) < 4.78 is 14.9. The number of aromatic nitrogens is 3. The Hall–Kier alpha value is -3.31. The van der Waals surface area contributed by atoms with Gasteiger partial charge in [0.1, 0.15) is 12.0 Å². The Morgan fingerprint density at radius 1 is 0.897 bits per heavy atom. The van der Waals surface area contributed by atoms with Gasteiger partial charge in [-0.15, -0.1) is 0 Å². The monoisotopic (exact) mass is 404 g/mol. The minimum atomic E-state index is -0.501. The Bertz CT molecular complexity index is 1150. The van der Waals surface area contributed by atoms with Crippen molar-refractivity contribution in [1.29, 1.82) is 0 Å². The molecule has 4 aromatic rings. The SMILES string of the molecule is Cc1cc(-c2ccc(CNc3ncnc(-c4cccc(Cl)c4)c3F)cc2)ccn1. The van der Waals surface area contributed by atoms with Gasteiger partial charge in [-0.25, -0.2) is 14.4 Å². The largest absolute Gasteiger partial charge is 0.363 e. The summed E-state index contributed by atoms with van der Waals surface area (Å²) in [5.74, 6) is -0.345. The lowest BCUT2D eigenvalue weighted by Gasteiger charge is -2.10. The van der Waals surface area contributed by atoms with Gasteiger partial charge in [0.25, 0.3) is 0 Å². The van der Waals surface area contributed by atoms with E-state index >= 15 is 0 Å². The molecule has 2 aromatic heterocycles. The normalized spacial score (nSPS) is 10.7. The number of benzene rings is 2. The van der Waals surface area contributed by atoms with Crippen LogP contribution in [0.25, 0.3) is 22.4 Å². The Labute approximate surface area is 173 Å². The van der Waals surface area contributed by atoms with Gasteiger partial charge in [0, 0.05) is 29.0 Å². The van der Waals surface area contributed by atoms with Crippen LogP contribution in [0.2, 0.25) is 5.02 Å². The summed E-state index contributed by atoms with van der Waals surface area (Å²) in [6.45, 7) is 2.41. The first-order valence-corrected chi connectivity index (χ1v) is 9.50. The van der Waals surface area contributed by atoms with Gasteiger partial charge in [0.15, 0.2) is 11.6 Å². The average Bonchev–Trinajstić information content (AvgIpc) is 2.73. The average molecular weight is 405 g/mol. The van der Waals surface area contributed by atoms with Crippen LogP contribution in [0.5, 0.6) is 0 Å². The molecule has 0 atom stereocenters. The molecule has 0 saturated heterocycles. The maximum Gasteiger partial charge on any atom is 0.191 e. The quantitative estimate of drug-likeness (QED) is 0.448. The predicted molar refractivity (Wildman–Crippen MR) is 114 cm³/mol. The van der Waals surface area contributed by atoms with Crippen molar-refractivity contribution in [1.82, 2.24) is 15.0 Å². The number of nitrogens with zero attached hydrogens (tertiary/aromatic N) is 3. The first-order chi connectivity index (χ1) is 14.1. The number of hydrogen-bond donors (Lipinski definition) is 1. The smallest absolute Gasteiger partial charge is 0.191 e. The molecule has 0 spiro atoms. The Kier molecular flexibility index (Phi) is 5.49. The second-order valence-electron chi connectivity index (χ2n) is 6.63. The van der Waals surface area contributed by atoms with Gasteiger partial charge < -0.3 is 5.32 Å². The fraction of sp³-hybridized carbons (Fsp3) is 0.0870. The molecular weight excluding hydrogens is 387 g/mol. The van der Waals surface area contributed by atoms with E-state index in [2.05, 4.69) is 20.3 Å². The minimum absolute atomic E-state index is 0.156. The Morgan fingerprint density at radius 3 is 2.48 bits per heavy atom. The molecular formula is C23H18ClFN4. The van der Waals surface area contributed by atoms with Gasteiger partial charge in [0.05, 0.1) is 0 Å². The summed E-state index contributed by atoms with van der Waals surface area (Å²) >= 11 is 6.01. The third-order valence-electron chi connectivity index (χ3n) is 4.53. The highest BCUT2D eigenvalue weighted by molar-refractivity contribution is 6.30. The lowest BCUT2D eigenvalue weighted by molar-refractivity contribution is 0.621. The number of rotatable bonds is 5. The van der Waals surface area contributed by atoms with E-state index in [1.165, 1.54) is 6.33 Å². The van der Waals surface area contributed by atoms with Crippen molar-refractivity contribution in [2.75, 3.05) is 5.32 Å². The Morgan fingerprint density at radius 2 is 1.72 bits per heavy atom. The third kappa shape index (κ3) is 4.41. The van der Waals surface area contributed by atoms with Crippen molar-refractivity contribution in [2.45, 2.75) is 13.5 Å². The molecule has 2 aromatic carbocycles. The van der Waals surface area contributed by atoms with Crippen LogP contribution in [-0.2, 0) is 6.54 Å². The second-order valence-corrected chi connectivity index (χ2v) is 7.07. The van der Waals surface area contributed by atoms with Gasteiger partial charge in [-0.05, 0) is 47.9 Å². The molecule has 0 radical (unpaired) electrons. The fourth-order valence-corrected chi connectivity index (χ4v) is 3.25. The van der Waals surface area contributed by atoms with E-state index in [1.807, 2.05) is 43.3 Å². The number of nitrogens with one attached hydrogen (secondary N) is 1. The number of pyridine rings is 1. The van der Waals surface area contributed by atoms with Crippen LogP contribution in [0.3, 0.4) is 0 Å². The van der Waals surface area contributed by atoms with E-state index in [0.717, 1.165) is 22.4 Å². The van der Waals surface area contributed by atoms with Gasteiger partial charge >= 0.3 is 0 Å². The molecule has 144 valence electrons. The first kappa shape index (κ1) is 19.0. The van der Waals surface area contributed by atoms with Crippen molar-refractivity contribution >= 4 is 17.4 Å². The molecule has 0 fully saturated rings. The highest BCUT2D eigenvalue weighted by Gasteiger charge is 2.13. The molecule has 0 aliphatic heterocycles. The maximum atomic E-state index is 14.9. The van der Waals surface area contributed by atoms with Gasteiger partial charge in [0.2, 0.25) is 0 Å². The molecule has 4 rings (SSSR count). The maximum absolute atomic E-state index is 14.9. The van der Waals surface area contributed by atoms with Crippen molar-refractivity contribution in [3.63, 3.8) is 0 Å². The first-order valence-electron chi connectivity index (χ1n) is 9.12. The van der Waals surface area contributed by atoms with Crippen LogP contribution >= 0.6 is 11.6 Å². The van der Waals surface area contributed by atoms with E-state index in [9.17, 15) is 4.39 Å². The molecule has 29 heavy (non-hydrogen) atoms. The molecule has 0 bridgehead atoms. The van der Waals surface area contributed by atoms with Crippen LogP contribution in [0, 0.1) is 12.7 Å². The van der Waals surface area contributed by atoms with Crippen LogP contribution in [0.4, 0.5) is 10.2 Å². The molecule has 2 heterocycles. The lowest BCUT2D eigenvalue weighted by atomic mass is 10.0. The van der Waals surface area contributed by atoms with E-state index in [1.54, 1.807) is 30.5 Å². The van der Waals surface area contributed by atoms with Crippen molar-refractivity contribution in [3.05, 3.63) is 95.3 Å². The summed E-state index contributed by atoms with van der Waals surface area (Å²) in [4.78, 5) is 12.3. The summed E-state index contributed by atoms with van der Waals surface area (Å²) in [7, 11) is 0. The molecule has 0 aliphatic rings. The zero-order chi connectivity index (χ0) is 20.2. The number of anilines is 1. The van der Waals surface area contributed by atoms with Gasteiger partial charge in [-0.3, -0.25) is 4.98 Å². The van der Waals surface area contributed by atoms with Crippen molar-refractivity contribution < 1.29 is 4.39 Å². The molecule has 0 amide bonds. The molecule has 1 N–H and O–H groups in total. The second kappa shape index (κ2) is 8.37. The van der Waals surface area contributed by atoms with E-state index in [4.69, 9.17) is 11.6 Å². The molecule has 0 aliphatic carbocycles. The highest BCUT2D eigenvalue weighted by Crippen LogP contribution is 2.26. The zero-order valence-electron chi connectivity index (χ0n) is 15.7. The summed E-state index contributed by atoms with van der Waals surface area (Å²) in [5, 5.41) is 3.58. The predicted octanol–water partition coefficient (Wildman–Crippen LogP) is 5.92. The molecule has 6 heteroatoms. The number of aryl methyl sites for hydroxylation is 1. The van der Waals surface area contributed by atoms with Gasteiger partial charge in [-0.1, -0.05) is 48.0 Å². The van der Waals surface area contributed by atoms with Gasteiger partial charge in [-0.2, -0.15) is 0 Å². The van der Waals surface area contributed by atoms with Crippen molar-refractivity contribution in [2.24, 2.45) is 0 Å². The van der Waals surface area contributed by atoms with E-state index in [-0.39, 0.29) is 11.5 Å². The Balaban J connectivity index is 1.50. The number of halogens is 2. The van der Waals surface area contributed by atoms with Crippen LogP contribution in [0.1, 0.15) is 11.3 Å². The van der Waals surface area contributed by atoms with Crippen LogP contribution in [0.15, 0.2) is 73.2 Å². The van der Waals surface area contributed by atoms with Crippen LogP contribution < -0.4 is 5.32 Å². The molecule has 0 saturated carbocycles. The summed E-state index contributed by atoms with van der Waals surface area (Å²) in [6, 6.07) is 19.1. The molecule has 4 nitrogen and oxygen atoms in total. The summed E-state index contributed by atoms with van der Waals surface area (Å²) in [6.07, 6.45) is 3.14. The third-order valence-corrected chi connectivity index (χ3v) is 4.77. The van der Waals surface area contributed by atoms with Crippen molar-refractivity contribution in [3.8, 4) is 22.4 Å². The number of hydrogen-bond acceptors (Lipinski definition) is 4.